The normalized spacial score (nSPS) is 8.22. The molecule has 0 saturated heterocycles. The van der Waals surface area contributed by atoms with Gasteiger partial charge in [-0.3, -0.25) is 0 Å². The number of aliphatic hydroxyl groups excluding tert-OH is 1. The first-order valence-electron chi connectivity index (χ1n) is 3.08. The third-order valence-corrected chi connectivity index (χ3v) is 0.258. The van der Waals surface area contributed by atoms with E-state index in [1.54, 1.807) is 13.8 Å². The largest absolute Gasteiger partial charge is 0.394 e. The molecule has 0 spiro atoms. The van der Waals surface area contributed by atoms with Gasteiger partial charge >= 0.3 is 0 Å². The summed E-state index contributed by atoms with van der Waals surface area (Å²) in [7, 11) is 0. The third kappa shape index (κ3) is 105. The highest BCUT2D eigenvalue weighted by atomic mass is 16.3. The van der Waals surface area contributed by atoms with Gasteiger partial charge in [-0.15, -0.1) is 0 Å². The average molecular weight is 129 g/mol. The van der Waals surface area contributed by atoms with E-state index >= 15 is 0 Å². The fraction of sp³-hybridized carbons (Fsp3) is 0.857. The first-order chi connectivity index (χ1) is 4.00. The van der Waals surface area contributed by atoms with Gasteiger partial charge in [-0.25, -0.2) is 0 Å². The lowest BCUT2D eigenvalue weighted by Gasteiger charge is -1.80. The Bertz CT molecular complexity index is 78.7. The summed E-state index contributed by atoms with van der Waals surface area (Å²) in [5.41, 5.74) is 0. The lowest BCUT2D eigenvalue weighted by atomic mass is 10.3. The Morgan fingerprint density at radius 3 is 1.33 bits per heavy atom. The van der Waals surface area contributed by atoms with E-state index in [0.717, 1.165) is 0 Å². The van der Waals surface area contributed by atoms with Crippen molar-refractivity contribution in [1.29, 1.82) is 5.26 Å². The molecule has 0 amide bonds. The molecule has 2 nitrogen and oxygen atoms in total. The fourth-order valence-electron chi connectivity index (χ4n) is 0. The van der Waals surface area contributed by atoms with Crippen molar-refractivity contribution < 1.29 is 5.11 Å². The molecule has 0 aromatic rings. The highest BCUT2D eigenvalue weighted by Gasteiger charge is 1.78. The highest BCUT2D eigenvalue weighted by molar-refractivity contribution is 4.72. The highest BCUT2D eigenvalue weighted by Crippen LogP contribution is 1.81. The van der Waals surface area contributed by atoms with Crippen LogP contribution < -0.4 is 0 Å². The van der Waals surface area contributed by atoms with Gasteiger partial charge in [0.1, 0.15) is 0 Å². The monoisotopic (exact) mass is 129 g/mol. The predicted octanol–water partition coefficient (Wildman–Crippen LogP) is 1.55. The molecule has 0 bridgehead atoms. The van der Waals surface area contributed by atoms with Gasteiger partial charge in [0.25, 0.3) is 0 Å². The summed E-state index contributed by atoms with van der Waals surface area (Å²) in [5.74, 6) is 0.190. The molecule has 0 aromatic carbocycles. The number of hydrogen-bond donors (Lipinski definition) is 1. The summed E-state index contributed by atoms with van der Waals surface area (Å²) in [5, 5.41) is 15.9. The van der Waals surface area contributed by atoms with E-state index in [1.807, 2.05) is 19.9 Å². The maximum absolute atomic E-state index is 8.06. The number of aliphatic hydroxyl groups is 1. The molecule has 0 atom stereocenters. The van der Waals surface area contributed by atoms with Crippen LogP contribution in [0.4, 0.5) is 0 Å². The molecule has 0 rings (SSSR count). The first-order valence-corrected chi connectivity index (χ1v) is 3.08. The van der Waals surface area contributed by atoms with Crippen LogP contribution in [0.15, 0.2) is 0 Å². The predicted molar refractivity (Wildman–Crippen MR) is 37.8 cm³/mol. The maximum Gasteiger partial charge on any atom is 0.0649 e. The minimum atomic E-state index is -0.167. The quantitative estimate of drug-likeness (QED) is 0.539. The van der Waals surface area contributed by atoms with Crippen molar-refractivity contribution in [2.45, 2.75) is 33.8 Å². The molecular weight excluding hydrogens is 114 g/mol. The van der Waals surface area contributed by atoms with Crippen LogP contribution in [0, 0.1) is 17.2 Å². The summed E-state index contributed by atoms with van der Waals surface area (Å²) < 4.78 is 0. The van der Waals surface area contributed by atoms with Crippen LogP contribution in [-0.2, 0) is 0 Å². The number of rotatable bonds is 0. The van der Waals surface area contributed by atoms with Crippen molar-refractivity contribution in [3.05, 3.63) is 0 Å². The second kappa shape index (κ2) is 7.45. The van der Waals surface area contributed by atoms with Crippen molar-refractivity contribution in [3.63, 3.8) is 0 Å². The molecule has 1 N–H and O–H groups in total. The van der Waals surface area contributed by atoms with Crippen LogP contribution in [0.1, 0.15) is 27.7 Å². The average Bonchev–Trinajstić information content (AvgIpc) is 1.65. The fourth-order valence-corrected chi connectivity index (χ4v) is 0. The zero-order valence-corrected chi connectivity index (χ0v) is 6.55. The van der Waals surface area contributed by atoms with E-state index < -0.39 is 0 Å². The Kier molecular flexibility index (Phi) is 9.33. The van der Waals surface area contributed by atoms with Crippen molar-refractivity contribution in [3.8, 4) is 6.07 Å². The van der Waals surface area contributed by atoms with Crippen LogP contribution in [0.2, 0.25) is 0 Å². The number of nitriles is 1. The van der Waals surface area contributed by atoms with E-state index in [2.05, 4.69) is 0 Å². The molecule has 54 valence electrons. The van der Waals surface area contributed by atoms with Crippen LogP contribution >= 0.6 is 0 Å². The zero-order chi connectivity index (χ0) is 7.86. The zero-order valence-electron chi connectivity index (χ0n) is 6.55. The van der Waals surface area contributed by atoms with Crippen LogP contribution in [0.5, 0.6) is 0 Å². The number of hydrogen-bond acceptors (Lipinski definition) is 2. The summed E-state index contributed by atoms with van der Waals surface area (Å²) in [6, 6.07) is 2.03. The molecule has 0 heterocycles. The van der Waals surface area contributed by atoms with Crippen molar-refractivity contribution in [2.75, 3.05) is 0 Å². The van der Waals surface area contributed by atoms with Gasteiger partial charge in [-0.1, -0.05) is 0 Å². The third-order valence-electron chi connectivity index (χ3n) is 0.258. The Hall–Kier alpha value is -0.550. The molecule has 9 heavy (non-hydrogen) atoms. The molecular formula is C7H15NO. The smallest absolute Gasteiger partial charge is 0.0649 e. The first kappa shape index (κ1) is 11.3. The topological polar surface area (TPSA) is 44.0 Å². The van der Waals surface area contributed by atoms with E-state index in [1.165, 1.54) is 0 Å². The van der Waals surface area contributed by atoms with Gasteiger partial charge in [0.15, 0.2) is 0 Å². The molecule has 2 heteroatoms. The molecule has 0 aliphatic rings. The van der Waals surface area contributed by atoms with Gasteiger partial charge in [-0.2, -0.15) is 5.26 Å². The Balaban J connectivity index is 0. The molecule has 0 aliphatic heterocycles. The molecule has 0 aliphatic carbocycles. The van der Waals surface area contributed by atoms with Crippen LogP contribution in [0.3, 0.4) is 0 Å². The van der Waals surface area contributed by atoms with Gasteiger partial charge < -0.3 is 5.11 Å². The Labute approximate surface area is 57.1 Å². The second-order valence-corrected chi connectivity index (χ2v) is 2.38. The van der Waals surface area contributed by atoms with Crippen molar-refractivity contribution in [1.82, 2.24) is 0 Å². The SMILES string of the molecule is CC(C)C#N.CC(C)O. The molecule has 0 aromatic heterocycles. The number of nitrogens with zero attached hydrogens (tertiary/aromatic N) is 1. The van der Waals surface area contributed by atoms with Crippen LogP contribution in [0.25, 0.3) is 0 Å². The Morgan fingerprint density at radius 2 is 1.33 bits per heavy atom. The van der Waals surface area contributed by atoms with Gasteiger partial charge in [-0.05, 0) is 27.7 Å². The van der Waals surface area contributed by atoms with Gasteiger partial charge in [0.2, 0.25) is 0 Å². The molecule has 0 unspecified atom stereocenters. The van der Waals surface area contributed by atoms with Gasteiger partial charge in [0, 0.05) is 12.0 Å². The maximum atomic E-state index is 8.06. The lowest BCUT2D eigenvalue weighted by molar-refractivity contribution is 0.216. The van der Waals surface area contributed by atoms with Crippen LogP contribution in [-0.4, -0.2) is 11.2 Å². The minimum absolute atomic E-state index is 0.167. The molecule has 0 saturated carbocycles. The Morgan fingerprint density at radius 1 is 1.22 bits per heavy atom. The van der Waals surface area contributed by atoms with Crippen molar-refractivity contribution in [2.24, 2.45) is 5.92 Å². The van der Waals surface area contributed by atoms with Gasteiger partial charge in [0.05, 0.1) is 6.07 Å². The summed E-state index contributed by atoms with van der Waals surface area (Å²) >= 11 is 0. The summed E-state index contributed by atoms with van der Waals surface area (Å²) in [6.07, 6.45) is -0.167. The van der Waals surface area contributed by atoms with E-state index in [9.17, 15) is 0 Å². The molecule has 0 fully saturated rings. The lowest BCUT2D eigenvalue weighted by Crippen LogP contribution is -1.85. The second-order valence-electron chi connectivity index (χ2n) is 2.38. The molecule has 0 radical (unpaired) electrons. The van der Waals surface area contributed by atoms with Crippen molar-refractivity contribution >= 4 is 0 Å². The van der Waals surface area contributed by atoms with E-state index in [0.29, 0.717) is 0 Å². The standard InChI is InChI=1S/C4H7N.C3H8O/c1-4(2)3-5;1-3(2)4/h4H,1-2H3;3-4H,1-2H3. The summed E-state index contributed by atoms with van der Waals surface area (Å²) in [6.45, 7) is 7.17. The van der Waals surface area contributed by atoms with E-state index in [4.69, 9.17) is 10.4 Å². The minimum Gasteiger partial charge on any atom is -0.394 e. The van der Waals surface area contributed by atoms with E-state index in [-0.39, 0.29) is 12.0 Å². The summed E-state index contributed by atoms with van der Waals surface area (Å²) in [4.78, 5) is 0.